The third-order valence-electron chi connectivity index (χ3n) is 3.88. The lowest BCUT2D eigenvalue weighted by Gasteiger charge is -2.23. The summed E-state index contributed by atoms with van der Waals surface area (Å²) < 4.78 is 2.22. The Morgan fingerprint density at radius 1 is 1.40 bits per heavy atom. The van der Waals surface area contributed by atoms with Crippen LogP contribution in [0.2, 0.25) is 0 Å². The molecule has 1 atom stereocenters. The van der Waals surface area contributed by atoms with Gasteiger partial charge in [0.15, 0.2) is 0 Å². The molecule has 1 N–H and O–H groups in total. The molecule has 2 aromatic heterocycles. The maximum atomic E-state index is 10.9. The van der Waals surface area contributed by atoms with E-state index < -0.39 is 5.97 Å². The maximum absolute atomic E-state index is 10.9. The first-order valence-electron chi connectivity index (χ1n) is 6.93. The Balaban J connectivity index is 1.69. The highest BCUT2D eigenvalue weighted by Crippen LogP contribution is 2.29. The van der Waals surface area contributed by atoms with Crippen molar-refractivity contribution in [2.45, 2.75) is 38.1 Å². The van der Waals surface area contributed by atoms with Crippen LogP contribution >= 0.6 is 0 Å². The molecule has 0 aromatic carbocycles. The van der Waals surface area contributed by atoms with Gasteiger partial charge in [0.05, 0.1) is 5.56 Å². The van der Waals surface area contributed by atoms with Crippen LogP contribution in [0, 0.1) is 0 Å². The van der Waals surface area contributed by atoms with Crippen molar-refractivity contribution in [2.75, 3.05) is 0 Å². The van der Waals surface area contributed by atoms with Crippen LogP contribution < -0.4 is 0 Å². The molecule has 5 heteroatoms. The van der Waals surface area contributed by atoms with Crippen LogP contribution in [-0.4, -0.2) is 25.6 Å². The Morgan fingerprint density at radius 2 is 2.30 bits per heavy atom. The number of imidazole rings is 1. The number of fused-ring (bicyclic) bond motifs is 1. The highest BCUT2D eigenvalue weighted by Gasteiger charge is 2.21. The first kappa shape index (κ1) is 12.8. The predicted octanol–water partition coefficient (Wildman–Crippen LogP) is 2.49. The number of carboxylic acids is 1. The molecular weight excluding hydrogens is 254 g/mol. The molecule has 0 saturated heterocycles. The van der Waals surface area contributed by atoms with Gasteiger partial charge in [-0.25, -0.2) is 9.78 Å². The smallest absolute Gasteiger partial charge is 0.335 e. The van der Waals surface area contributed by atoms with Crippen LogP contribution in [-0.2, 0) is 13.0 Å². The zero-order valence-electron chi connectivity index (χ0n) is 11.2. The van der Waals surface area contributed by atoms with E-state index in [0.717, 1.165) is 37.3 Å². The van der Waals surface area contributed by atoms with E-state index in [0.29, 0.717) is 11.5 Å². The molecular formula is C15H17N3O2. The molecule has 0 radical (unpaired) electrons. The Kier molecular flexibility index (Phi) is 3.50. The van der Waals surface area contributed by atoms with Gasteiger partial charge in [-0.15, -0.1) is 0 Å². The molecule has 1 unspecified atom stereocenters. The molecule has 1 aliphatic rings. The van der Waals surface area contributed by atoms with Crippen molar-refractivity contribution in [1.82, 2.24) is 14.5 Å². The van der Waals surface area contributed by atoms with Crippen LogP contribution in [0.1, 0.15) is 47.1 Å². The maximum Gasteiger partial charge on any atom is 0.335 e. The molecule has 5 nitrogen and oxygen atoms in total. The number of hydrogen-bond acceptors (Lipinski definition) is 3. The first-order valence-corrected chi connectivity index (χ1v) is 6.93. The Morgan fingerprint density at radius 3 is 3.15 bits per heavy atom. The van der Waals surface area contributed by atoms with Gasteiger partial charge in [-0.3, -0.25) is 4.98 Å². The molecule has 104 valence electrons. The van der Waals surface area contributed by atoms with E-state index in [1.54, 1.807) is 12.3 Å². The second-order valence-corrected chi connectivity index (χ2v) is 5.20. The lowest BCUT2D eigenvalue weighted by atomic mass is 9.93. The van der Waals surface area contributed by atoms with Crippen molar-refractivity contribution in [3.63, 3.8) is 0 Å². The van der Waals surface area contributed by atoms with Crippen molar-refractivity contribution in [3.05, 3.63) is 47.8 Å². The molecule has 1 aliphatic heterocycles. The summed E-state index contributed by atoms with van der Waals surface area (Å²) in [6.45, 7) is 1.05. The molecule has 3 heterocycles. The summed E-state index contributed by atoms with van der Waals surface area (Å²) in [5.74, 6) is 0.710. The van der Waals surface area contributed by atoms with E-state index in [-0.39, 0.29) is 0 Å². The summed E-state index contributed by atoms with van der Waals surface area (Å²) in [5, 5.41) is 8.99. The molecule has 0 spiro atoms. The second kappa shape index (κ2) is 5.45. The lowest BCUT2D eigenvalue weighted by molar-refractivity contribution is 0.0696. The van der Waals surface area contributed by atoms with Gasteiger partial charge < -0.3 is 9.67 Å². The minimum atomic E-state index is -0.901. The normalized spacial score (nSPS) is 17.7. The third-order valence-corrected chi connectivity index (χ3v) is 3.88. The standard InChI is InChI=1S/C15H17N3O2/c19-15(20)12-5-6-16-13(10-12)4-3-11-2-1-8-18-9-7-17-14(11)18/h5-7,9-11H,1-4,8H2,(H,19,20). The molecule has 2 aromatic rings. The highest BCUT2D eigenvalue weighted by atomic mass is 16.4. The van der Waals surface area contributed by atoms with Gasteiger partial charge in [0.1, 0.15) is 5.82 Å². The average molecular weight is 271 g/mol. The molecule has 3 rings (SSSR count). The van der Waals surface area contributed by atoms with Crippen LogP contribution in [0.5, 0.6) is 0 Å². The lowest BCUT2D eigenvalue weighted by Crippen LogP contribution is -2.16. The van der Waals surface area contributed by atoms with Gasteiger partial charge in [-0.2, -0.15) is 0 Å². The molecule has 0 amide bonds. The zero-order chi connectivity index (χ0) is 13.9. The number of nitrogens with zero attached hydrogens (tertiary/aromatic N) is 3. The van der Waals surface area contributed by atoms with Crippen molar-refractivity contribution >= 4 is 5.97 Å². The van der Waals surface area contributed by atoms with Crippen LogP contribution in [0.3, 0.4) is 0 Å². The van der Waals surface area contributed by atoms with E-state index >= 15 is 0 Å². The fourth-order valence-corrected chi connectivity index (χ4v) is 2.85. The topological polar surface area (TPSA) is 68.0 Å². The minimum absolute atomic E-state index is 0.306. The summed E-state index contributed by atoms with van der Waals surface area (Å²) in [6, 6.07) is 3.19. The number of rotatable bonds is 4. The Labute approximate surface area is 117 Å². The van der Waals surface area contributed by atoms with E-state index in [1.807, 2.05) is 12.4 Å². The molecule has 0 bridgehead atoms. The number of aryl methyl sites for hydroxylation is 2. The van der Waals surface area contributed by atoms with Gasteiger partial charge >= 0.3 is 5.97 Å². The molecule has 0 fully saturated rings. The first-order chi connectivity index (χ1) is 9.74. The summed E-state index contributed by atoms with van der Waals surface area (Å²) >= 11 is 0. The summed E-state index contributed by atoms with van der Waals surface area (Å²) in [5.41, 5.74) is 1.15. The van der Waals surface area contributed by atoms with Gasteiger partial charge in [0.25, 0.3) is 0 Å². The fraction of sp³-hybridized carbons (Fsp3) is 0.400. The van der Waals surface area contributed by atoms with E-state index in [2.05, 4.69) is 14.5 Å². The van der Waals surface area contributed by atoms with Crippen molar-refractivity contribution in [2.24, 2.45) is 0 Å². The Hall–Kier alpha value is -2.17. The fourth-order valence-electron chi connectivity index (χ4n) is 2.85. The van der Waals surface area contributed by atoms with Crippen LogP contribution in [0.15, 0.2) is 30.7 Å². The SMILES string of the molecule is O=C(O)c1ccnc(CCC2CCCn3ccnc32)c1. The second-order valence-electron chi connectivity index (χ2n) is 5.20. The average Bonchev–Trinajstić information content (AvgIpc) is 2.94. The predicted molar refractivity (Wildman–Crippen MR) is 73.7 cm³/mol. The van der Waals surface area contributed by atoms with E-state index in [1.165, 1.54) is 12.5 Å². The van der Waals surface area contributed by atoms with Crippen LogP contribution in [0.25, 0.3) is 0 Å². The number of pyridine rings is 1. The molecule has 0 saturated carbocycles. The van der Waals surface area contributed by atoms with Gasteiger partial charge in [-0.05, 0) is 37.8 Å². The number of carboxylic acid groups (broad SMARTS) is 1. The van der Waals surface area contributed by atoms with Gasteiger partial charge in [-0.1, -0.05) is 0 Å². The van der Waals surface area contributed by atoms with Crippen molar-refractivity contribution in [1.29, 1.82) is 0 Å². The summed E-state index contributed by atoms with van der Waals surface area (Å²) in [6.07, 6.45) is 9.54. The number of aromatic nitrogens is 3. The number of hydrogen-bond donors (Lipinski definition) is 1. The quantitative estimate of drug-likeness (QED) is 0.927. The highest BCUT2D eigenvalue weighted by molar-refractivity contribution is 5.87. The summed E-state index contributed by atoms with van der Waals surface area (Å²) in [7, 11) is 0. The van der Waals surface area contributed by atoms with Crippen LogP contribution in [0.4, 0.5) is 0 Å². The number of carbonyl (C=O) groups is 1. The third kappa shape index (κ3) is 2.57. The number of aromatic carboxylic acids is 1. The van der Waals surface area contributed by atoms with E-state index in [4.69, 9.17) is 5.11 Å². The van der Waals surface area contributed by atoms with Crippen molar-refractivity contribution < 1.29 is 9.90 Å². The van der Waals surface area contributed by atoms with Gasteiger partial charge in [0, 0.05) is 36.7 Å². The molecule has 0 aliphatic carbocycles. The zero-order valence-corrected chi connectivity index (χ0v) is 11.2. The van der Waals surface area contributed by atoms with Gasteiger partial charge in [0.2, 0.25) is 0 Å². The monoisotopic (exact) mass is 271 g/mol. The Bertz CT molecular complexity index is 621. The summed E-state index contributed by atoms with van der Waals surface area (Å²) in [4.78, 5) is 19.7. The molecule has 20 heavy (non-hydrogen) atoms. The largest absolute Gasteiger partial charge is 0.478 e. The van der Waals surface area contributed by atoms with Crippen molar-refractivity contribution in [3.8, 4) is 0 Å². The van der Waals surface area contributed by atoms with E-state index in [9.17, 15) is 4.79 Å². The minimum Gasteiger partial charge on any atom is -0.478 e.